The molecule has 1 N–H and O–H groups in total. The first kappa shape index (κ1) is 21.5. The van der Waals surface area contributed by atoms with Gasteiger partial charge in [-0.15, -0.1) is 0 Å². The first-order valence-electron chi connectivity index (χ1n) is 11.0. The van der Waals surface area contributed by atoms with E-state index in [0.29, 0.717) is 24.1 Å². The normalized spacial score (nSPS) is 11.1. The maximum absolute atomic E-state index is 13.6. The Balaban J connectivity index is 1.50. The Morgan fingerprint density at radius 2 is 1.68 bits per heavy atom. The molecule has 0 bridgehead atoms. The molecule has 170 valence electrons. The Hall–Kier alpha value is -4.39. The highest BCUT2D eigenvalue weighted by molar-refractivity contribution is 6.06. The minimum atomic E-state index is -0.187. The number of hydrogen-bond acceptors (Lipinski definition) is 4. The molecule has 34 heavy (non-hydrogen) atoms. The summed E-state index contributed by atoms with van der Waals surface area (Å²) in [5, 5.41) is 3.80. The van der Waals surface area contributed by atoms with E-state index in [9.17, 15) is 9.59 Å². The number of hydrogen-bond donors (Lipinski definition) is 1. The number of fused-ring (bicyclic) bond motifs is 3. The van der Waals surface area contributed by atoms with Gasteiger partial charge in [-0.2, -0.15) is 0 Å². The minimum absolute atomic E-state index is 0.0281. The minimum Gasteiger partial charge on any atom is -0.497 e. The van der Waals surface area contributed by atoms with E-state index in [-0.39, 0.29) is 18.0 Å². The fourth-order valence-corrected chi connectivity index (χ4v) is 4.15. The lowest BCUT2D eigenvalue weighted by Crippen LogP contribution is -2.29. The predicted octanol–water partition coefficient (Wildman–Crippen LogP) is 3.72. The molecule has 2 aromatic heterocycles. The molecule has 7 nitrogen and oxygen atoms in total. The van der Waals surface area contributed by atoms with E-state index in [1.165, 1.54) is 0 Å². The van der Waals surface area contributed by atoms with Crippen LogP contribution in [0.4, 0.5) is 0 Å². The maximum Gasteiger partial charge on any atom is 0.278 e. The number of amides is 1. The van der Waals surface area contributed by atoms with Crippen LogP contribution in [0.5, 0.6) is 5.75 Å². The summed E-state index contributed by atoms with van der Waals surface area (Å²) in [5.74, 6) is 0.586. The van der Waals surface area contributed by atoms with Crippen LogP contribution in [0.3, 0.4) is 0 Å². The Kier molecular flexibility index (Phi) is 5.82. The van der Waals surface area contributed by atoms with Crippen molar-refractivity contribution in [3.63, 3.8) is 0 Å². The SMILES string of the molecule is COc1ccc(Cn2cnc3c4ccccc4n(CC(=O)NCc4ccccc4)c3c2=O)cc1. The van der Waals surface area contributed by atoms with Gasteiger partial charge in [-0.25, -0.2) is 4.98 Å². The molecular formula is C27H24N4O3. The van der Waals surface area contributed by atoms with Gasteiger partial charge in [-0.1, -0.05) is 60.7 Å². The van der Waals surface area contributed by atoms with Crippen molar-refractivity contribution in [2.45, 2.75) is 19.6 Å². The molecule has 0 saturated carbocycles. The Bertz CT molecular complexity index is 1520. The van der Waals surface area contributed by atoms with Crippen LogP contribution < -0.4 is 15.6 Å². The molecule has 0 atom stereocenters. The van der Waals surface area contributed by atoms with E-state index >= 15 is 0 Å². The number of carbonyl (C=O) groups is 1. The number of para-hydroxylation sites is 1. The number of rotatable bonds is 7. The van der Waals surface area contributed by atoms with Crippen molar-refractivity contribution in [3.8, 4) is 5.75 Å². The molecule has 5 aromatic rings. The zero-order valence-corrected chi connectivity index (χ0v) is 18.8. The lowest BCUT2D eigenvalue weighted by molar-refractivity contribution is -0.121. The third-order valence-corrected chi connectivity index (χ3v) is 5.88. The van der Waals surface area contributed by atoms with Crippen molar-refractivity contribution in [2.24, 2.45) is 0 Å². The van der Waals surface area contributed by atoms with Gasteiger partial charge in [0.2, 0.25) is 5.91 Å². The number of ether oxygens (including phenoxy) is 1. The van der Waals surface area contributed by atoms with Crippen LogP contribution in [0.15, 0.2) is 90.0 Å². The van der Waals surface area contributed by atoms with Gasteiger partial charge in [0.15, 0.2) is 0 Å². The number of nitrogens with zero attached hydrogens (tertiary/aromatic N) is 3. The van der Waals surface area contributed by atoms with Gasteiger partial charge in [-0.05, 0) is 29.3 Å². The van der Waals surface area contributed by atoms with Gasteiger partial charge in [0.25, 0.3) is 5.56 Å². The summed E-state index contributed by atoms with van der Waals surface area (Å²) in [6, 6.07) is 24.9. The number of benzene rings is 3. The molecular weight excluding hydrogens is 428 g/mol. The second-order valence-electron chi connectivity index (χ2n) is 8.09. The molecule has 0 fully saturated rings. The fraction of sp³-hybridized carbons (Fsp3) is 0.148. The monoisotopic (exact) mass is 452 g/mol. The van der Waals surface area contributed by atoms with Crippen LogP contribution in [0, 0.1) is 0 Å². The van der Waals surface area contributed by atoms with Gasteiger partial charge in [0.1, 0.15) is 23.3 Å². The van der Waals surface area contributed by atoms with Crippen molar-refractivity contribution in [1.82, 2.24) is 19.4 Å². The zero-order valence-electron chi connectivity index (χ0n) is 18.8. The molecule has 0 spiro atoms. The lowest BCUT2D eigenvalue weighted by Gasteiger charge is -2.10. The smallest absolute Gasteiger partial charge is 0.278 e. The van der Waals surface area contributed by atoms with Crippen LogP contribution >= 0.6 is 0 Å². The summed E-state index contributed by atoms with van der Waals surface area (Å²) >= 11 is 0. The molecule has 1 amide bonds. The molecule has 0 aliphatic heterocycles. The summed E-state index contributed by atoms with van der Waals surface area (Å²) in [6.07, 6.45) is 1.57. The van der Waals surface area contributed by atoms with E-state index in [1.54, 1.807) is 22.6 Å². The van der Waals surface area contributed by atoms with Crippen molar-refractivity contribution >= 4 is 27.8 Å². The van der Waals surface area contributed by atoms with E-state index in [4.69, 9.17) is 4.74 Å². The highest BCUT2D eigenvalue weighted by Crippen LogP contribution is 2.25. The highest BCUT2D eigenvalue weighted by Gasteiger charge is 2.18. The zero-order chi connectivity index (χ0) is 23.5. The van der Waals surface area contributed by atoms with Gasteiger partial charge in [0, 0.05) is 11.9 Å². The van der Waals surface area contributed by atoms with Crippen LogP contribution in [-0.4, -0.2) is 27.1 Å². The summed E-state index contributed by atoms with van der Waals surface area (Å²) in [7, 11) is 1.62. The van der Waals surface area contributed by atoms with E-state index in [1.807, 2.05) is 78.9 Å². The van der Waals surface area contributed by atoms with Gasteiger partial charge >= 0.3 is 0 Å². The third kappa shape index (κ3) is 4.15. The Morgan fingerprint density at radius 3 is 2.44 bits per heavy atom. The van der Waals surface area contributed by atoms with Crippen molar-refractivity contribution in [3.05, 3.63) is 107 Å². The van der Waals surface area contributed by atoms with Gasteiger partial charge in [0.05, 0.1) is 25.5 Å². The number of carbonyl (C=O) groups excluding carboxylic acids is 1. The lowest BCUT2D eigenvalue weighted by atomic mass is 10.2. The topological polar surface area (TPSA) is 78.2 Å². The first-order valence-corrected chi connectivity index (χ1v) is 11.0. The Morgan fingerprint density at radius 1 is 0.941 bits per heavy atom. The van der Waals surface area contributed by atoms with E-state index in [2.05, 4.69) is 10.3 Å². The predicted molar refractivity (Wildman–Crippen MR) is 132 cm³/mol. The third-order valence-electron chi connectivity index (χ3n) is 5.88. The molecule has 0 unspecified atom stereocenters. The average Bonchev–Trinajstić information content (AvgIpc) is 3.19. The van der Waals surface area contributed by atoms with Gasteiger partial charge < -0.3 is 14.6 Å². The second kappa shape index (κ2) is 9.23. The van der Waals surface area contributed by atoms with Crippen molar-refractivity contribution in [2.75, 3.05) is 7.11 Å². The number of aromatic nitrogens is 3. The van der Waals surface area contributed by atoms with Crippen molar-refractivity contribution in [1.29, 1.82) is 0 Å². The molecule has 0 saturated heterocycles. The molecule has 0 aliphatic carbocycles. The average molecular weight is 453 g/mol. The fourth-order valence-electron chi connectivity index (χ4n) is 4.15. The number of methoxy groups -OCH3 is 1. The standard InChI is InChI=1S/C27H24N4O3/c1-34-21-13-11-20(12-14-21)16-30-18-29-25-22-9-5-6-10-23(22)31(26(25)27(30)33)17-24(32)28-15-19-7-3-2-4-8-19/h2-14,18H,15-17H2,1H3,(H,28,32). The van der Waals surface area contributed by atoms with Crippen molar-refractivity contribution < 1.29 is 9.53 Å². The molecule has 0 radical (unpaired) electrons. The molecule has 5 rings (SSSR count). The molecule has 2 heterocycles. The van der Waals surface area contributed by atoms with Crippen LogP contribution in [0.2, 0.25) is 0 Å². The van der Waals surface area contributed by atoms with E-state index < -0.39 is 0 Å². The van der Waals surface area contributed by atoms with Crippen LogP contribution in [0.25, 0.3) is 21.9 Å². The number of nitrogens with one attached hydrogen (secondary N) is 1. The highest BCUT2D eigenvalue weighted by atomic mass is 16.5. The second-order valence-corrected chi connectivity index (χ2v) is 8.09. The Labute approximate surface area is 196 Å². The maximum atomic E-state index is 13.6. The summed E-state index contributed by atoms with van der Waals surface area (Å²) in [6.45, 7) is 0.824. The summed E-state index contributed by atoms with van der Waals surface area (Å²) in [5.41, 5.74) is 3.61. The summed E-state index contributed by atoms with van der Waals surface area (Å²) in [4.78, 5) is 31.0. The van der Waals surface area contributed by atoms with Crippen LogP contribution in [-0.2, 0) is 24.4 Å². The molecule has 7 heteroatoms. The quantitative estimate of drug-likeness (QED) is 0.408. The first-order chi connectivity index (χ1) is 16.6. The van der Waals surface area contributed by atoms with Crippen LogP contribution in [0.1, 0.15) is 11.1 Å². The molecule has 3 aromatic carbocycles. The van der Waals surface area contributed by atoms with E-state index in [0.717, 1.165) is 27.8 Å². The molecule has 0 aliphatic rings. The largest absolute Gasteiger partial charge is 0.497 e. The summed E-state index contributed by atoms with van der Waals surface area (Å²) < 4.78 is 8.55. The van der Waals surface area contributed by atoms with Gasteiger partial charge in [-0.3, -0.25) is 14.2 Å².